The Balaban J connectivity index is 3.03. The normalized spacial score (nSPS) is 12.0. The summed E-state index contributed by atoms with van der Waals surface area (Å²) in [7, 11) is 3.76. The maximum atomic E-state index is 5.17. The number of unbranched alkanes of at least 4 members (excludes halogenated alkanes) is 8. The first-order valence-electron chi connectivity index (χ1n) is 7.90. The molecule has 0 radical (unpaired) electrons. The second-order valence-corrected chi connectivity index (χ2v) is 6.93. The Morgan fingerprint density at radius 1 is 0.722 bits per heavy atom. The molecule has 0 aromatic carbocycles. The summed E-state index contributed by atoms with van der Waals surface area (Å²) in [4.78, 5) is 0. The molecule has 0 fully saturated rings. The Bertz CT molecular complexity index is 149. The number of hydrogen-bond acceptors (Lipinski definition) is 2. The minimum absolute atomic E-state index is 0.00659. The fourth-order valence-corrected chi connectivity index (χ4v) is 3.16. The van der Waals surface area contributed by atoms with Crippen molar-refractivity contribution in [3.63, 3.8) is 0 Å². The molecular weight excluding hydrogens is 240 g/mol. The second-order valence-electron chi connectivity index (χ2n) is 5.23. The number of methoxy groups -OCH3 is 2. The van der Waals surface area contributed by atoms with Gasteiger partial charge in [0.1, 0.15) is 0 Å². The molecule has 0 unspecified atom stereocenters. The predicted octanol–water partition coefficient (Wildman–Crippen LogP) is 4.14. The molecule has 3 heteroatoms. The molecule has 0 rings (SSSR count). The molecule has 18 heavy (non-hydrogen) atoms. The van der Waals surface area contributed by atoms with Crippen LogP contribution in [0.2, 0.25) is 12.6 Å². The number of ether oxygens (including phenoxy) is 2. The van der Waals surface area contributed by atoms with E-state index in [1.807, 2.05) is 0 Å². The van der Waals surface area contributed by atoms with Gasteiger partial charge in [-0.3, -0.25) is 0 Å². The molecular formula is C15H34O2Si. The third kappa shape index (κ3) is 12.6. The van der Waals surface area contributed by atoms with Crippen LogP contribution in [0.15, 0.2) is 0 Å². The Labute approximate surface area is 117 Å². The minimum Gasteiger partial charge on any atom is -0.356 e. The predicted molar refractivity (Wildman–Crippen MR) is 83.2 cm³/mol. The first-order valence-corrected chi connectivity index (χ1v) is 10.3. The van der Waals surface area contributed by atoms with Crippen molar-refractivity contribution in [3.05, 3.63) is 0 Å². The van der Waals surface area contributed by atoms with Gasteiger partial charge in [0, 0.05) is 23.7 Å². The maximum absolute atomic E-state index is 5.17. The molecule has 0 heterocycles. The fraction of sp³-hybridized carbons (Fsp3) is 1.00. The molecule has 0 bridgehead atoms. The van der Waals surface area contributed by atoms with Gasteiger partial charge in [-0.1, -0.05) is 64.0 Å². The first kappa shape index (κ1) is 18.1. The van der Waals surface area contributed by atoms with Crippen molar-refractivity contribution in [2.45, 2.75) is 83.1 Å². The molecule has 0 aromatic rings. The van der Waals surface area contributed by atoms with Gasteiger partial charge < -0.3 is 9.47 Å². The van der Waals surface area contributed by atoms with Gasteiger partial charge in [0.2, 0.25) is 0 Å². The molecule has 0 N–H and O–H groups in total. The summed E-state index contributed by atoms with van der Waals surface area (Å²) in [5.74, 6) is 0. The monoisotopic (exact) mass is 274 g/mol. The molecule has 2 nitrogen and oxygen atoms in total. The lowest BCUT2D eigenvalue weighted by Gasteiger charge is -2.12. The van der Waals surface area contributed by atoms with E-state index in [-0.39, 0.29) is 6.29 Å². The van der Waals surface area contributed by atoms with E-state index in [9.17, 15) is 0 Å². The zero-order valence-electron chi connectivity index (χ0n) is 12.9. The standard InChI is InChI=1S/C15H34O2Si/c1-16-15(17-2)13-11-9-7-5-4-6-8-10-12-14-18-3/h15H,4-14,18H2,1-3H3. The Kier molecular flexibility index (Phi) is 15.3. The van der Waals surface area contributed by atoms with Crippen LogP contribution in [-0.4, -0.2) is 30.0 Å². The third-order valence-corrected chi connectivity index (χ3v) is 4.78. The van der Waals surface area contributed by atoms with E-state index in [1.165, 1.54) is 57.8 Å². The Morgan fingerprint density at radius 2 is 1.17 bits per heavy atom. The van der Waals surface area contributed by atoms with Crippen molar-refractivity contribution >= 4 is 9.52 Å². The van der Waals surface area contributed by atoms with Gasteiger partial charge in [-0.05, 0) is 12.8 Å². The Hall–Kier alpha value is 0.137. The summed E-state index contributed by atoms with van der Waals surface area (Å²) < 4.78 is 10.3. The molecule has 0 aliphatic carbocycles. The highest BCUT2D eigenvalue weighted by Gasteiger charge is 2.03. The average molecular weight is 275 g/mol. The number of hydrogen-bond donors (Lipinski definition) is 0. The zero-order valence-corrected chi connectivity index (χ0v) is 14.3. The van der Waals surface area contributed by atoms with Crippen LogP contribution in [0.4, 0.5) is 0 Å². The fourth-order valence-electron chi connectivity index (χ4n) is 2.31. The molecule has 0 aromatic heterocycles. The van der Waals surface area contributed by atoms with Crippen molar-refractivity contribution in [2.24, 2.45) is 0 Å². The maximum Gasteiger partial charge on any atom is 0.156 e. The largest absolute Gasteiger partial charge is 0.356 e. The van der Waals surface area contributed by atoms with E-state index in [2.05, 4.69) is 6.55 Å². The van der Waals surface area contributed by atoms with Crippen LogP contribution in [-0.2, 0) is 9.47 Å². The smallest absolute Gasteiger partial charge is 0.156 e. The van der Waals surface area contributed by atoms with Gasteiger partial charge in [0.05, 0.1) is 0 Å². The van der Waals surface area contributed by atoms with Gasteiger partial charge in [-0.15, -0.1) is 0 Å². The molecule has 0 aliphatic heterocycles. The molecule has 0 aliphatic rings. The highest BCUT2D eigenvalue weighted by molar-refractivity contribution is 6.33. The van der Waals surface area contributed by atoms with E-state index < -0.39 is 0 Å². The van der Waals surface area contributed by atoms with Gasteiger partial charge in [0.15, 0.2) is 6.29 Å². The zero-order chi connectivity index (χ0) is 13.5. The van der Waals surface area contributed by atoms with E-state index in [1.54, 1.807) is 20.3 Å². The molecule has 0 amide bonds. The van der Waals surface area contributed by atoms with Crippen molar-refractivity contribution in [3.8, 4) is 0 Å². The molecule has 110 valence electrons. The summed E-state index contributed by atoms with van der Waals surface area (Å²) in [6, 6.07) is 1.56. The van der Waals surface area contributed by atoms with E-state index in [4.69, 9.17) is 9.47 Å². The van der Waals surface area contributed by atoms with E-state index in [0.29, 0.717) is 9.52 Å². The lowest BCUT2D eigenvalue weighted by atomic mass is 10.1. The summed E-state index contributed by atoms with van der Waals surface area (Å²) in [6.45, 7) is 2.41. The van der Waals surface area contributed by atoms with Crippen LogP contribution in [0.25, 0.3) is 0 Å². The highest BCUT2D eigenvalue weighted by Crippen LogP contribution is 2.12. The average Bonchev–Trinajstić information content (AvgIpc) is 2.40. The van der Waals surface area contributed by atoms with Gasteiger partial charge in [-0.25, -0.2) is 0 Å². The highest BCUT2D eigenvalue weighted by atomic mass is 28.2. The topological polar surface area (TPSA) is 18.5 Å². The molecule has 0 atom stereocenters. The van der Waals surface area contributed by atoms with Crippen molar-refractivity contribution < 1.29 is 9.47 Å². The van der Waals surface area contributed by atoms with Crippen LogP contribution < -0.4 is 0 Å². The van der Waals surface area contributed by atoms with Crippen LogP contribution in [0, 0.1) is 0 Å². The lowest BCUT2D eigenvalue weighted by Crippen LogP contribution is -2.12. The SMILES string of the molecule is COC(CCCCCCCCCCC[SiH2]C)OC. The van der Waals surface area contributed by atoms with Crippen molar-refractivity contribution in [1.29, 1.82) is 0 Å². The summed E-state index contributed by atoms with van der Waals surface area (Å²) in [6.07, 6.45) is 13.7. The summed E-state index contributed by atoms with van der Waals surface area (Å²) in [5.41, 5.74) is 0. The van der Waals surface area contributed by atoms with Crippen LogP contribution in [0.3, 0.4) is 0 Å². The lowest BCUT2D eigenvalue weighted by molar-refractivity contribution is -0.107. The Morgan fingerprint density at radius 3 is 1.61 bits per heavy atom. The molecule has 0 saturated heterocycles. The van der Waals surface area contributed by atoms with E-state index >= 15 is 0 Å². The summed E-state index contributed by atoms with van der Waals surface area (Å²) in [5, 5.41) is 0. The van der Waals surface area contributed by atoms with Gasteiger partial charge in [0.25, 0.3) is 0 Å². The summed E-state index contributed by atoms with van der Waals surface area (Å²) >= 11 is 0. The van der Waals surface area contributed by atoms with Crippen molar-refractivity contribution in [2.75, 3.05) is 14.2 Å². The van der Waals surface area contributed by atoms with Gasteiger partial charge >= 0.3 is 0 Å². The number of rotatable bonds is 14. The first-order chi connectivity index (χ1) is 8.85. The van der Waals surface area contributed by atoms with E-state index in [0.717, 1.165) is 6.42 Å². The van der Waals surface area contributed by atoms with Gasteiger partial charge in [-0.2, -0.15) is 0 Å². The van der Waals surface area contributed by atoms with Crippen LogP contribution in [0.5, 0.6) is 0 Å². The minimum atomic E-state index is 0.00659. The van der Waals surface area contributed by atoms with Crippen LogP contribution in [0.1, 0.15) is 64.2 Å². The quantitative estimate of drug-likeness (QED) is 0.269. The second kappa shape index (κ2) is 15.2. The van der Waals surface area contributed by atoms with Crippen molar-refractivity contribution in [1.82, 2.24) is 0 Å². The van der Waals surface area contributed by atoms with Crippen LogP contribution >= 0.6 is 0 Å². The third-order valence-electron chi connectivity index (χ3n) is 3.57. The molecule has 0 spiro atoms. The molecule has 0 saturated carbocycles.